The molecule has 2 aromatic rings. The molecular weight excluding hydrogens is 388 g/mol. The number of H-pyrrole nitrogens is 1. The maximum atomic E-state index is 14.4. The largest absolute Gasteiger partial charge is 0.478 e. The van der Waals surface area contributed by atoms with Crippen molar-refractivity contribution in [1.82, 2.24) is 4.98 Å². The summed E-state index contributed by atoms with van der Waals surface area (Å²) in [6, 6.07) is 0.381. The highest BCUT2D eigenvalue weighted by atomic mass is 35.5. The maximum Gasteiger partial charge on any atom is 0.416 e. The Hall–Kier alpha value is -3.08. The second-order valence-corrected chi connectivity index (χ2v) is 5.33. The fraction of sp³-hybridized carbons (Fsp3) is 0.0714. The molecule has 0 amide bonds. The van der Waals surface area contributed by atoms with Gasteiger partial charge in [0.1, 0.15) is 22.8 Å². The van der Waals surface area contributed by atoms with Crippen molar-refractivity contribution in [1.29, 1.82) is 0 Å². The lowest BCUT2D eigenvalue weighted by atomic mass is 9.93. The van der Waals surface area contributed by atoms with Gasteiger partial charge in [0.25, 0.3) is 5.56 Å². The second-order valence-electron chi connectivity index (χ2n) is 4.92. The van der Waals surface area contributed by atoms with Gasteiger partial charge in [-0.05, 0) is 12.1 Å². The van der Waals surface area contributed by atoms with Crippen LogP contribution in [0.4, 0.5) is 23.4 Å². The molecule has 7 nitrogen and oxygen atoms in total. The Morgan fingerprint density at radius 3 is 2.12 bits per heavy atom. The molecular formula is C14H7ClF4N2O5. The molecule has 12 heteroatoms. The number of nitrogens with one attached hydrogen (secondary N) is 1. The lowest BCUT2D eigenvalue weighted by Crippen LogP contribution is -2.24. The number of aromatic amines is 1. The zero-order valence-electron chi connectivity index (χ0n) is 12.2. The quantitative estimate of drug-likeness (QED) is 0.591. The van der Waals surface area contributed by atoms with Crippen molar-refractivity contribution in [2.24, 2.45) is 0 Å². The molecule has 0 aliphatic carbocycles. The number of hydrogen-bond acceptors (Lipinski definition) is 4. The van der Waals surface area contributed by atoms with E-state index in [1.54, 1.807) is 4.98 Å². The van der Waals surface area contributed by atoms with Gasteiger partial charge in [-0.1, -0.05) is 11.6 Å². The fourth-order valence-corrected chi connectivity index (χ4v) is 2.47. The number of carbonyl (C=O) groups is 2. The predicted octanol–water partition coefficient (Wildman–Crippen LogP) is 2.83. The Balaban J connectivity index is 3.10. The summed E-state index contributed by atoms with van der Waals surface area (Å²) in [4.78, 5) is 36.3. The van der Waals surface area contributed by atoms with E-state index in [2.05, 4.69) is 0 Å². The minimum atomic E-state index is -5.01. The van der Waals surface area contributed by atoms with E-state index >= 15 is 0 Å². The van der Waals surface area contributed by atoms with Gasteiger partial charge in [0.05, 0.1) is 10.6 Å². The van der Waals surface area contributed by atoms with Crippen LogP contribution in [0.3, 0.4) is 0 Å². The van der Waals surface area contributed by atoms with Crippen LogP contribution in [-0.4, -0.2) is 27.1 Å². The number of anilines is 1. The number of rotatable bonds is 3. The number of aromatic nitrogens is 1. The molecule has 1 heterocycles. The van der Waals surface area contributed by atoms with Gasteiger partial charge >= 0.3 is 18.1 Å². The van der Waals surface area contributed by atoms with Crippen LogP contribution in [0, 0.1) is 5.82 Å². The molecule has 1 aromatic heterocycles. The molecule has 0 saturated carbocycles. The first-order valence-electron chi connectivity index (χ1n) is 6.45. The number of alkyl halides is 3. The highest BCUT2D eigenvalue weighted by Crippen LogP contribution is 2.39. The Morgan fingerprint density at radius 1 is 1.12 bits per heavy atom. The highest BCUT2D eigenvalue weighted by Gasteiger charge is 2.35. The number of halogens is 5. The van der Waals surface area contributed by atoms with Crippen LogP contribution < -0.4 is 11.3 Å². The van der Waals surface area contributed by atoms with Crippen LogP contribution in [0.1, 0.15) is 26.3 Å². The van der Waals surface area contributed by atoms with Crippen LogP contribution in [0.2, 0.25) is 5.02 Å². The first-order chi connectivity index (χ1) is 11.9. The molecule has 5 N–H and O–H groups in total. The van der Waals surface area contributed by atoms with Gasteiger partial charge in [-0.3, -0.25) is 4.79 Å². The molecule has 1 aromatic carbocycles. The average molecular weight is 395 g/mol. The smallest absolute Gasteiger partial charge is 0.416 e. The Kier molecular flexibility index (Phi) is 4.69. The first kappa shape index (κ1) is 19.2. The van der Waals surface area contributed by atoms with Crippen molar-refractivity contribution in [3.8, 4) is 11.1 Å². The number of nitrogens with two attached hydrogens (primary N) is 1. The monoisotopic (exact) mass is 394 g/mol. The molecule has 0 fully saturated rings. The third-order valence-electron chi connectivity index (χ3n) is 3.30. The van der Waals surface area contributed by atoms with Gasteiger partial charge in [-0.25, -0.2) is 14.0 Å². The number of benzene rings is 1. The standard InChI is InChI=1S/C14H7ClF4N2O5/c15-5-2-3(14(17,18)19)1-4(9(5)16)6-7(12(23)24)10(20)21-11(22)8(6)13(25)26/h1-2H,(H,23,24)(H,25,26)(H3,20,21,22). The summed E-state index contributed by atoms with van der Waals surface area (Å²) in [5, 5.41) is 17.3. The fourth-order valence-electron chi connectivity index (χ4n) is 2.25. The van der Waals surface area contributed by atoms with E-state index in [1.165, 1.54) is 0 Å². The highest BCUT2D eigenvalue weighted by molar-refractivity contribution is 6.31. The third kappa shape index (κ3) is 3.20. The molecule has 0 unspecified atom stereocenters. The lowest BCUT2D eigenvalue weighted by Gasteiger charge is -2.15. The van der Waals surface area contributed by atoms with Crippen LogP contribution in [0.15, 0.2) is 16.9 Å². The zero-order valence-corrected chi connectivity index (χ0v) is 13.0. The molecule has 26 heavy (non-hydrogen) atoms. The van der Waals surface area contributed by atoms with Crippen molar-refractivity contribution in [2.75, 3.05) is 5.73 Å². The number of carboxylic acids is 2. The van der Waals surface area contributed by atoms with E-state index in [0.29, 0.717) is 0 Å². The summed E-state index contributed by atoms with van der Waals surface area (Å²) in [6.45, 7) is 0. The number of nitrogen functional groups attached to an aromatic ring is 1. The lowest BCUT2D eigenvalue weighted by molar-refractivity contribution is -0.137. The Morgan fingerprint density at radius 2 is 1.65 bits per heavy atom. The van der Waals surface area contributed by atoms with E-state index in [-0.39, 0.29) is 12.1 Å². The van der Waals surface area contributed by atoms with Crippen molar-refractivity contribution in [2.45, 2.75) is 6.18 Å². The van der Waals surface area contributed by atoms with Gasteiger partial charge < -0.3 is 20.9 Å². The van der Waals surface area contributed by atoms with Crippen LogP contribution in [-0.2, 0) is 6.18 Å². The van der Waals surface area contributed by atoms with Crippen molar-refractivity contribution in [3.63, 3.8) is 0 Å². The molecule has 138 valence electrons. The van der Waals surface area contributed by atoms with Gasteiger partial charge in [-0.15, -0.1) is 0 Å². The van der Waals surface area contributed by atoms with Gasteiger partial charge in [0.2, 0.25) is 0 Å². The van der Waals surface area contributed by atoms with Gasteiger partial charge in [0, 0.05) is 11.1 Å². The first-order valence-corrected chi connectivity index (χ1v) is 6.83. The summed E-state index contributed by atoms with van der Waals surface area (Å²) in [5.41, 5.74) is -2.23. The normalized spacial score (nSPS) is 11.4. The predicted molar refractivity (Wildman–Crippen MR) is 80.8 cm³/mol. The topological polar surface area (TPSA) is 133 Å². The summed E-state index contributed by atoms with van der Waals surface area (Å²) >= 11 is 5.43. The van der Waals surface area contributed by atoms with Crippen LogP contribution in [0.25, 0.3) is 11.1 Å². The van der Waals surface area contributed by atoms with Gasteiger partial charge in [0.15, 0.2) is 0 Å². The maximum absolute atomic E-state index is 14.4. The molecule has 0 radical (unpaired) electrons. The number of hydrogen-bond donors (Lipinski definition) is 4. The summed E-state index contributed by atoms with van der Waals surface area (Å²) in [6.07, 6.45) is -5.01. The van der Waals surface area contributed by atoms with E-state index in [4.69, 9.17) is 22.4 Å². The van der Waals surface area contributed by atoms with E-state index in [9.17, 15) is 37.1 Å². The third-order valence-corrected chi connectivity index (χ3v) is 3.57. The summed E-state index contributed by atoms with van der Waals surface area (Å²) < 4.78 is 53.3. The Labute approximate surface area is 145 Å². The SMILES string of the molecule is Nc1[nH]c(=O)c(C(=O)O)c(-c2cc(C(F)(F)F)cc(Cl)c2F)c1C(=O)O. The van der Waals surface area contributed by atoms with Crippen LogP contribution in [0.5, 0.6) is 0 Å². The molecule has 2 rings (SSSR count). The zero-order chi connectivity index (χ0) is 20.0. The minimum absolute atomic E-state index is 0.147. The molecule has 0 spiro atoms. The van der Waals surface area contributed by atoms with E-state index in [0.717, 1.165) is 0 Å². The molecule has 0 atom stereocenters. The van der Waals surface area contributed by atoms with Crippen molar-refractivity contribution >= 4 is 29.4 Å². The van der Waals surface area contributed by atoms with E-state index in [1.807, 2.05) is 0 Å². The van der Waals surface area contributed by atoms with Crippen molar-refractivity contribution in [3.05, 3.63) is 50.0 Å². The molecule has 0 aliphatic rings. The van der Waals surface area contributed by atoms with Crippen molar-refractivity contribution < 1.29 is 37.4 Å². The van der Waals surface area contributed by atoms with E-state index < -0.39 is 68.1 Å². The second kappa shape index (κ2) is 6.33. The molecule has 0 bridgehead atoms. The minimum Gasteiger partial charge on any atom is -0.478 e. The number of aromatic carboxylic acids is 2. The van der Waals surface area contributed by atoms with Crippen LogP contribution >= 0.6 is 11.6 Å². The van der Waals surface area contributed by atoms with Gasteiger partial charge in [-0.2, -0.15) is 13.2 Å². The Bertz CT molecular complexity index is 1000. The summed E-state index contributed by atoms with van der Waals surface area (Å²) in [7, 11) is 0. The average Bonchev–Trinajstić information content (AvgIpc) is 2.46. The molecule has 0 aliphatic heterocycles. The number of carboxylic acid groups (broad SMARTS) is 2. The summed E-state index contributed by atoms with van der Waals surface area (Å²) in [5.74, 6) is -6.31. The number of pyridine rings is 1. The molecule has 0 saturated heterocycles.